The highest BCUT2D eigenvalue weighted by atomic mass is 35.5. The third-order valence-electron chi connectivity index (χ3n) is 5.52. The van der Waals surface area contributed by atoms with Crippen molar-refractivity contribution in [2.75, 3.05) is 12.0 Å². The molecule has 0 saturated carbocycles. The first kappa shape index (κ1) is 20.8. The molecule has 4 rings (SSSR count). The van der Waals surface area contributed by atoms with Crippen LogP contribution in [0, 0.1) is 13.8 Å². The number of halogens is 1. The first-order valence-corrected chi connectivity index (χ1v) is 9.97. The van der Waals surface area contributed by atoms with Crippen molar-refractivity contribution in [3.8, 4) is 5.75 Å². The molecule has 1 aliphatic heterocycles. The van der Waals surface area contributed by atoms with Gasteiger partial charge in [-0.25, -0.2) is 0 Å². The van der Waals surface area contributed by atoms with Crippen LogP contribution in [0.15, 0.2) is 64.8 Å². The maximum atomic E-state index is 13.2. The van der Waals surface area contributed by atoms with E-state index in [1.165, 1.54) is 24.3 Å². The second kappa shape index (κ2) is 7.96. The number of methoxy groups -OCH3 is 1. The normalized spacial score (nSPS) is 17.9. The molecule has 1 saturated heterocycles. The molecule has 1 aliphatic rings. The molecular formula is C24H20ClNO5. The molecule has 0 radical (unpaired) electrons. The van der Waals surface area contributed by atoms with Crippen LogP contribution in [0.4, 0.5) is 5.69 Å². The summed E-state index contributed by atoms with van der Waals surface area (Å²) >= 11 is 6.30. The number of carbonyl (C=O) groups is 2. The average Bonchev–Trinajstić information content (AvgIpc) is 3.37. The highest BCUT2D eigenvalue weighted by molar-refractivity contribution is 6.52. The molecule has 1 unspecified atom stereocenters. The van der Waals surface area contributed by atoms with Gasteiger partial charge in [-0.15, -0.1) is 0 Å². The number of rotatable bonds is 4. The van der Waals surface area contributed by atoms with Gasteiger partial charge in [-0.05, 0) is 61.4 Å². The van der Waals surface area contributed by atoms with Crippen LogP contribution in [0.2, 0.25) is 5.02 Å². The van der Waals surface area contributed by atoms with Gasteiger partial charge >= 0.3 is 0 Å². The smallest absolute Gasteiger partial charge is 0.300 e. The Bertz CT molecular complexity index is 1210. The molecule has 1 fully saturated rings. The number of Topliss-reactive ketones (excluding diaryl/α,β-unsaturated/α-hetero) is 1. The molecule has 31 heavy (non-hydrogen) atoms. The lowest BCUT2D eigenvalue weighted by Gasteiger charge is -2.25. The monoisotopic (exact) mass is 437 g/mol. The number of aliphatic hydroxyl groups is 1. The topological polar surface area (TPSA) is 80.0 Å². The lowest BCUT2D eigenvalue weighted by molar-refractivity contribution is -0.132. The Morgan fingerprint density at radius 1 is 1.13 bits per heavy atom. The van der Waals surface area contributed by atoms with Crippen molar-refractivity contribution >= 4 is 34.7 Å². The van der Waals surface area contributed by atoms with Crippen molar-refractivity contribution in [1.29, 1.82) is 0 Å². The van der Waals surface area contributed by atoms with E-state index in [0.29, 0.717) is 17.2 Å². The minimum Gasteiger partial charge on any atom is -0.507 e. The summed E-state index contributed by atoms with van der Waals surface area (Å²) in [6.07, 6.45) is 1.46. The van der Waals surface area contributed by atoms with Crippen LogP contribution in [0.1, 0.15) is 28.5 Å². The zero-order valence-corrected chi connectivity index (χ0v) is 17.9. The Balaban J connectivity index is 1.98. The molecule has 2 heterocycles. The third kappa shape index (κ3) is 3.39. The minimum atomic E-state index is -0.947. The van der Waals surface area contributed by atoms with Gasteiger partial charge in [-0.3, -0.25) is 14.5 Å². The zero-order valence-electron chi connectivity index (χ0n) is 17.2. The molecule has 7 heteroatoms. The van der Waals surface area contributed by atoms with Gasteiger partial charge in [0.15, 0.2) is 0 Å². The molecule has 1 aromatic heterocycles. The van der Waals surface area contributed by atoms with Crippen LogP contribution in [0.25, 0.3) is 5.76 Å². The van der Waals surface area contributed by atoms with Gasteiger partial charge in [0.2, 0.25) is 0 Å². The number of ketones is 1. The number of carbonyl (C=O) groups excluding carboxylic acids is 2. The molecule has 158 valence electrons. The number of hydrogen-bond acceptors (Lipinski definition) is 5. The predicted octanol–water partition coefficient (Wildman–Crippen LogP) is 5.18. The first-order valence-electron chi connectivity index (χ1n) is 9.59. The fourth-order valence-corrected chi connectivity index (χ4v) is 3.96. The Morgan fingerprint density at radius 2 is 1.90 bits per heavy atom. The van der Waals surface area contributed by atoms with Gasteiger partial charge < -0.3 is 14.3 Å². The van der Waals surface area contributed by atoms with Crippen molar-refractivity contribution < 1.29 is 23.8 Å². The molecule has 0 bridgehead atoms. The van der Waals surface area contributed by atoms with Crippen LogP contribution < -0.4 is 9.64 Å². The third-order valence-corrected chi connectivity index (χ3v) is 5.85. The van der Waals surface area contributed by atoms with Crippen molar-refractivity contribution in [3.05, 3.63) is 87.8 Å². The molecule has 2 aromatic carbocycles. The van der Waals surface area contributed by atoms with Crippen LogP contribution in [-0.4, -0.2) is 23.9 Å². The highest BCUT2D eigenvalue weighted by Gasteiger charge is 2.48. The Morgan fingerprint density at radius 3 is 2.58 bits per heavy atom. The second-order valence-corrected chi connectivity index (χ2v) is 7.66. The molecule has 1 N–H and O–H groups in total. The number of ether oxygens (including phenoxy) is 1. The maximum absolute atomic E-state index is 13.2. The standard InChI is InChI=1S/C24H20ClNO5/c1-13-6-4-7-18(14(13)2)26-21(19-8-5-11-31-19)20(23(28)24(26)29)22(27)16-12-15(30-3)9-10-17(16)25/h4-12,21,27H,1-3H3/b22-20-. The first-order chi connectivity index (χ1) is 14.8. The van der Waals surface area contributed by atoms with E-state index in [-0.39, 0.29) is 16.2 Å². The summed E-state index contributed by atoms with van der Waals surface area (Å²) in [5.74, 6) is -1.17. The van der Waals surface area contributed by atoms with Crippen molar-refractivity contribution in [3.63, 3.8) is 0 Å². The summed E-state index contributed by atoms with van der Waals surface area (Å²) in [6.45, 7) is 3.80. The number of nitrogens with zero attached hydrogens (tertiary/aromatic N) is 1. The fraction of sp³-hybridized carbons (Fsp3) is 0.167. The van der Waals surface area contributed by atoms with E-state index < -0.39 is 23.5 Å². The zero-order chi connectivity index (χ0) is 22.3. The summed E-state index contributed by atoms with van der Waals surface area (Å²) in [4.78, 5) is 27.7. The van der Waals surface area contributed by atoms with Crippen LogP contribution in [0.3, 0.4) is 0 Å². The fourth-order valence-electron chi connectivity index (χ4n) is 3.75. The van der Waals surface area contributed by atoms with Crippen LogP contribution >= 0.6 is 11.6 Å². The SMILES string of the molecule is COc1ccc(Cl)c(/C(O)=C2/C(=O)C(=O)N(c3cccc(C)c3C)C2c2ccco2)c1. The average molecular weight is 438 g/mol. The van der Waals surface area contributed by atoms with E-state index in [9.17, 15) is 14.7 Å². The Labute approximate surface area is 184 Å². The number of amides is 1. The van der Waals surface area contributed by atoms with Gasteiger partial charge in [0.25, 0.3) is 11.7 Å². The number of hydrogen-bond donors (Lipinski definition) is 1. The van der Waals surface area contributed by atoms with Gasteiger partial charge in [0, 0.05) is 11.3 Å². The van der Waals surface area contributed by atoms with Crippen molar-refractivity contribution in [2.24, 2.45) is 0 Å². The van der Waals surface area contributed by atoms with E-state index in [2.05, 4.69) is 0 Å². The molecule has 6 nitrogen and oxygen atoms in total. The van der Waals surface area contributed by atoms with Crippen LogP contribution in [0.5, 0.6) is 5.75 Å². The quantitative estimate of drug-likeness (QED) is 0.345. The van der Waals surface area contributed by atoms with Gasteiger partial charge in [0.05, 0.1) is 24.0 Å². The summed E-state index contributed by atoms with van der Waals surface area (Å²) in [7, 11) is 1.48. The van der Waals surface area contributed by atoms with Crippen LogP contribution in [-0.2, 0) is 9.59 Å². The second-order valence-electron chi connectivity index (χ2n) is 7.25. The predicted molar refractivity (Wildman–Crippen MR) is 117 cm³/mol. The molecule has 0 spiro atoms. The van der Waals surface area contributed by atoms with Crippen molar-refractivity contribution in [1.82, 2.24) is 0 Å². The lowest BCUT2D eigenvalue weighted by Crippen LogP contribution is -2.30. The number of aliphatic hydroxyl groups excluding tert-OH is 1. The van der Waals surface area contributed by atoms with Gasteiger partial charge in [-0.2, -0.15) is 0 Å². The van der Waals surface area contributed by atoms with E-state index in [1.54, 1.807) is 30.3 Å². The Kier molecular flexibility index (Phi) is 5.33. The molecular weight excluding hydrogens is 418 g/mol. The summed E-state index contributed by atoms with van der Waals surface area (Å²) < 4.78 is 10.8. The van der Waals surface area contributed by atoms with E-state index in [4.69, 9.17) is 20.8 Å². The summed E-state index contributed by atoms with van der Waals surface area (Å²) in [5.41, 5.74) is 2.47. The largest absolute Gasteiger partial charge is 0.507 e. The number of benzene rings is 2. The van der Waals surface area contributed by atoms with E-state index in [1.807, 2.05) is 26.0 Å². The number of furan rings is 1. The Hall–Kier alpha value is -3.51. The van der Waals surface area contributed by atoms with Crippen molar-refractivity contribution in [2.45, 2.75) is 19.9 Å². The molecule has 0 aliphatic carbocycles. The van der Waals surface area contributed by atoms with Gasteiger partial charge in [-0.1, -0.05) is 23.7 Å². The van der Waals surface area contributed by atoms with E-state index >= 15 is 0 Å². The van der Waals surface area contributed by atoms with Gasteiger partial charge in [0.1, 0.15) is 23.3 Å². The molecule has 1 atom stereocenters. The number of aryl methyl sites for hydroxylation is 1. The maximum Gasteiger partial charge on any atom is 0.300 e. The number of anilines is 1. The summed E-state index contributed by atoms with van der Waals surface area (Å²) in [6, 6.07) is 12.6. The lowest BCUT2D eigenvalue weighted by atomic mass is 9.98. The minimum absolute atomic E-state index is 0.101. The summed E-state index contributed by atoms with van der Waals surface area (Å²) in [5, 5.41) is 11.4. The molecule has 3 aromatic rings. The molecule has 1 amide bonds. The highest BCUT2D eigenvalue weighted by Crippen LogP contribution is 2.44. The van der Waals surface area contributed by atoms with E-state index in [0.717, 1.165) is 11.1 Å².